The Bertz CT molecular complexity index is 542. The standard InChI is InChI=1S/C17H28N4O3/c1-5-12-10-18-14(19-12)9-13-7-6-8-21(13)16(22)15(11(2)3)20-17(23)24-4/h9-11,13,15,18-19H,5-8H2,1-4H3,(H,20,23). The Balaban J connectivity index is 2.06. The summed E-state index contributed by atoms with van der Waals surface area (Å²) < 4.78 is 4.64. The van der Waals surface area contributed by atoms with Crippen molar-refractivity contribution in [1.82, 2.24) is 20.9 Å². The first-order chi connectivity index (χ1) is 11.5. The van der Waals surface area contributed by atoms with Crippen LogP contribution in [0.4, 0.5) is 4.79 Å². The SMILES string of the molecule is CCC1=CNC(=CC2CCCN2C(=O)C(NC(=O)OC)C(C)C)N1. The Morgan fingerprint density at radius 1 is 1.50 bits per heavy atom. The first-order valence-corrected chi connectivity index (χ1v) is 8.55. The molecule has 0 saturated carbocycles. The lowest BCUT2D eigenvalue weighted by atomic mass is 10.0. The molecular weight excluding hydrogens is 308 g/mol. The maximum Gasteiger partial charge on any atom is 0.407 e. The highest BCUT2D eigenvalue weighted by molar-refractivity contribution is 5.86. The van der Waals surface area contributed by atoms with Crippen LogP contribution in [-0.4, -0.2) is 42.6 Å². The van der Waals surface area contributed by atoms with Gasteiger partial charge in [0.1, 0.15) is 11.9 Å². The summed E-state index contributed by atoms with van der Waals surface area (Å²) in [7, 11) is 1.30. The average Bonchev–Trinajstić information content (AvgIpc) is 3.21. The molecule has 2 aliphatic heterocycles. The molecule has 2 amide bonds. The molecule has 0 radical (unpaired) electrons. The Morgan fingerprint density at radius 3 is 2.83 bits per heavy atom. The minimum atomic E-state index is -0.578. The van der Waals surface area contributed by atoms with Gasteiger partial charge in [-0.2, -0.15) is 0 Å². The molecule has 3 N–H and O–H groups in total. The van der Waals surface area contributed by atoms with Gasteiger partial charge in [0, 0.05) is 18.4 Å². The molecule has 7 heteroatoms. The van der Waals surface area contributed by atoms with Crippen LogP contribution >= 0.6 is 0 Å². The summed E-state index contributed by atoms with van der Waals surface area (Å²) >= 11 is 0. The van der Waals surface area contributed by atoms with Crippen molar-refractivity contribution in [2.45, 2.75) is 52.1 Å². The van der Waals surface area contributed by atoms with Crippen LogP contribution in [0.5, 0.6) is 0 Å². The summed E-state index contributed by atoms with van der Waals surface area (Å²) in [6.45, 7) is 6.62. The van der Waals surface area contributed by atoms with Crippen molar-refractivity contribution in [3.63, 3.8) is 0 Å². The summed E-state index contributed by atoms with van der Waals surface area (Å²) in [5.74, 6) is 0.844. The number of allylic oxidation sites excluding steroid dienone is 1. The van der Waals surface area contributed by atoms with Gasteiger partial charge in [0.15, 0.2) is 0 Å². The van der Waals surface area contributed by atoms with Gasteiger partial charge >= 0.3 is 6.09 Å². The van der Waals surface area contributed by atoms with E-state index in [9.17, 15) is 9.59 Å². The van der Waals surface area contributed by atoms with Crippen LogP contribution < -0.4 is 16.0 Å². The van der Waals surface area contributed by atoms with E-state index in [0.29, 0.717) is 6.54 Å². The predicted octanol–water partition coefficient (Wildman–Crippen LogP) is 1.64. The van der Waals surface area contributed by atoms with Gasteiger partial charge in [0.05, 0.1) is 13.2 Å². The molecule has 1 fully saturated rings. The van der Waals surface area contributed by atoms with Crippen LogP contribution in [0.1, 0.15) is 40.0 Å². The molecule has 0 spiro atoms. The highest BCUT2D eigenvalue weighted by Gasteiger charge is 2.35. The second-order valence-corrected chi connectivity index (χ2v) is 6.47. The minimum Gasteiger partial charge on any atom is -0.453 e. The number of rotatable bonds is 5. The van der Waals surface area contributed by atoms with Gasteiger partial charge in [-0.05, 0) is 31.3 Å². The molecule has 1 saturated heterocycles. The van der Waals surface area contributed by atoms with Crippen molar-refractivity contribution >= 4 is 12.0 Å². The van der Waals surface area contributed by atoms with Crippen LogP contribution in [0.3, 0.4) is 0 Å². The number of alkyl carbamates (subject to hydrolysis) is 1. The normalized spacial score (nSPS) is 22.9. The van der Waals surface area contributed by atoms with Crippen molar-refractivity contribution in [3.8, 4) is 0 Å². The molecule has 2 heterocycles. The number of nitrogens with zero attached hydrogens (tertiary/aromatic N) is 1. The Labute approximate surface area is 143 Å². The molecule has 134 valence electrons. The van der Waals surface area contributed by atoms with Gasteiger partial charge in [0.25, 0.3) is 0 Å². The number of hydrogen-bond donors (Lipinski definition) is 3. The smallest absolute Gasteiger partial charge is 0.407 e. The van der Waals surface area contributed by atoms with E-state index in [-0.39, 0.29) is 17.9 Å². The predicted molar refractivity (Wildman–Crippen MR) is 91.6 cm³/mol. The van der Waals surface area contributed by atoms with Crippen molar-refractivity contribution in [2.75, 3.05) is 13.7 Å². The van der Waals surface area contributed by atoms with Gasteiger partial charge < -0.3 is 25.6 Å². The maximum atomic E-state index is 12.9. The monoisotopic (exact) mass is 336 g/mol. The maximum absolute atomic E-state index is 12.9. The third-order valence-corrected chi connectivity index (χ3v) is 4.41. The molecule has 2 unspecified atom stereocenters. The van der Waals surface area contributed by atoms with E-state index >= 15 is 0 Å². The molecule has 0 aromatic carbocycles. The zero-order valence-corrected chi connectivity index (χ0v) is 14.9. The van der Waals surface area contributed by atoms with Crippen LogP contribution in [0.2, 0.25) is 0 Å². The van der Waals surface area contributed by atoms with Crippen LogP contribution in [0.15, 0.2) is 23.8 Å². The van der Waals surface area contributed by atoms with E-state index in [0.717, 1.165) is 30.8 Å². The molecule has 0 aliphatic carbocycles. The fourth-order valence-electron chi connectivity index (χ4n) is 3.00. The highest BCUT2D eigenvalue weighted by atomic mass is 16.5. The first-order valence-electron chi connectivity index (χ1n) is 8.55. The third-order valence-electron chi connectivity index (χ3n) is 4.41. The summed E-state index contributed by atoms with van der Waals surface area (Å²) in [6, 6.07) is -0.553. The fraction of sp³-hybridized carbons (Fsp3) is 0.647. The Morgan fingerprint density at radius 2 is 2.25 bits per heavy atom. The largest absolute Gasteiger partial charge is 0.453 e. The number of hydrogen-bond acceptors (Lipinski definition) is 5. The van der Waals surface area contributed by atoms with Crippen LogP contribution in [-0.2, 0) is 9.53 Å². The number of nitrogens with one attached hydrogen (secondary N) is 3. The molecular formula is C17H28N4O3. The van der Waals surface area contributed by atoms with Crippen molar-refractivity contribution < 1.29 is 14.3 Å². The summed E-state index contributed by atoms with van der Waals surface area (Å²) in [5.41, 5.74) is 1.13. The van der Waals surface area contributed by atoms with E-state index in [1.54, 1.807) is 0 Å². The molecule has 24 heavy (non-hydrogen) atoms. The molecule has 2 rings (SSSR count). The lowest BCUT2D eigenvalue weighted by molar-refractivity contribution is -0.134. The zero-order chi connectivity index (χ0) is 17.7. The first kappa shape index (κ1) is 18.2. The summed E-state index contributed by atoms with van der Waals surface area (Å²) in [5, 5.41) is 9.16. The van der Waals surface area contributed by atoms with Gasteiger partial charge in [0.2, 0.25) is 5.91 Å². The highest BCUT2D eigenvalue weighted by Crippen LogP contribution is 2.22. The van der Waals surface area contributed by atoms with E-state index in [2.05, 4.69) is 33.7 Å². The second kappa shape index (κ2) is 8.08. The third kappa shape index (κ3) is 4.21. The fourth-order valence-corrected chi connectivity index (χ4v) is 3.00. The van der Waals surface area contributed by atoms with Gasteiger partial charge in [-0.1, -0.05) is 20.8 Å². The Hall–Kier alpha value is -2.18. The second-order valence-electron chi connectivity index (χ2n) is 6.47. The zero-order valence-electron chi connectivity index (χ0n) is 14.9. The van der Waals surface area contributed by atoms with Crippen molar-refractivity contribution in [1.29, 1.82) is 0 Å². The van der Waals surface area contributed by atoms with E-state index in [1.807, 2.05) is 24.9 Å². The minimum absolute atomic E-state index is 0.0124. The number of carbonyl (C=O) groups excluding carboxylic acids is 2. The van der Waals surface area contributed by atoms with Gasteiger partial charge in [-0.15, -0.1) is 0 Å². The molecule has 0 aromatic rings. The topological polar surface area (TPSA) is 82.7 Å². The summed E-state index contributed by atoms with van der Waals surface area (Å²) in [6.07, 6.45) is 6.23. The number of carbonyl (C=O) groups is 2. The van der Waals surface area contributed by atoms with E-state index in [1.165, 1.54) is 7.11 Å². The lowest BCUT2D eigenvalue weighted by Crippen LogP contribution is -2.52. The average molecular weight is 336 g/mol. The molecule has 0 bridgehead atoms. The van der Waals surface area contributed by atoms with E-state index < -0.39 is 12.1 Å². The lowest BCUT2D eigenvalue weighted by Gasteiger charge is -2.29. The molecule has 2 atom stereocenters. The molecule has 0 aromatic heterocycles. The van der Waals surface area contributed by atoms with Crippen molar-refractivity contribution in [2.24, 2.45) is 5.92 Å². The number of methoxy groups -OCH3 is 1. The van der Waals surface area contributed by atoms with Crippen molar-refractivity contribution in [3.05, 3.63) is 23.8 Å². The van der Waals surface area contributed by atoms with Crippen LogP contribution in [0, 0.1) is 5.92 Å². The number of likely N-dealkylation sites (tertiary alicyclic amines) is 1. The summed E-state index contributed by atoms with van der Waals surface area (Å²) in [4.78, 5) is 26.3. The van der Waals surface area contributed by atoms with Gasteiger partial charge in [-0.3, -0.25) is 4.79 Å². The molecule has 2 aliphatic rings. The molecule has 7 nitrogen and oxygen atoms in total. The van der Waals surface area contributed by atoms with E-state index in [4.69, 9.17) is 0 Å². The number of amides is 2. The quantitative estimate of drug-likeness (QED) is 0.711. The number of ether oxygens (including phenoxy) is 1. The van der Waals surface area contributed by atoms with Gasteiger partial charge in [-0.25, -0.2) is 4.79 Å². The Kier molecular flexibility index (Phi) is 6.11. The van der Waals surface area contributed by atoms with Crippen LogP contribution in [0.25, 0.3) is 0 Å².